The number of nitrogens with zero attached hydrogens (tertiary/aromatic N) is 1. The van der Waals surface area contributed by atoms with E-state index < -0.39 is 15.9 Å². The summed E-state index contributed by atoms with van der Waals surface area (Å²) in [7, 11) is -3.15. The van der Waals surface area contributed by atoms with Crippen LogP contribution >= 0.6 is 0 Å². The summed E-state index contributed by atoms with van der Waals surface area (Å²) in [5, 5.41) is 0. The number of hydrogen-bond acceptors (Lipinski definition) is 4. The van der Waals surface area contributed by atoms with Gasteiger partial charge in [-0.1, -0.05) is 18.2 Å². The van der Waals surface area contributed by atoms with Gasteiger partial charge in [-0.15, -0.1) is 0 Å². The van der Waals surface area contributed by atoms with E-state index in [0.717, 1.165) is 16.7 Å². The third-order valence-electron chi connectivity index (χ3n) is 4.79. The highest BCUT2D eigenvalue weighted by molar-refractivity contribution is 7.91. The van der Waals surface area contributed by atoms with Crippen molar-refractivity contribution in [1.82, 2.24) is 4.90 Å². The van der Waals surface area contributed by atoms with Crippen molar-refractivity contribution in [2.45, 2.75) is 32.9 Å². The number of sulfone groups is 1. The topological polar surface area (TPSA) is 63.7 Å². The molecule has 1 amide bonds. The summed E-state index contributed by atoms with van der Waals surface area (Å²) in [4.78, 5) is 14.4. The molecule has 0 saturated carbocycles. The normalized spacial score (nSPS) is 18.0. The van der Waals surface area contributed by atoms with E-state index in [1.807, 2.05) is 32.0 Å². The van der Waals surface area contributed by atoms with Crippen LogP contribution in [0.3, 0.4) is 0 Å². The monoisotopic (exact) mass is 405 g/mol. The molecule has 1 saturated heterocycles. The predicted molar refractivity (Wildman–Crippen MR) is 105 cm³/mol. The van der Waals surface area contributed by atoms with Crippen molar-refractivity contribution >= 4 is 15.7 Å². The molecule has 5 nitrogen and oxygen atoms in total. The number of benzene rings is 2. The average molecular weight is 405 g/mol. The van der Waals surface area contributed by atoms with Gasteiger partial charge in [0.15, 0.2) is 16.4 Å². The van der Waals surface area contributed by atoms with Gasteiger partial charge in [-0.3, -0.25) is 4.79 Å². The molecule has 2 aromatic rings. The molecular formula is C21H24FNO4S. The first kappa shape index (κ1) is 20.3. The van der Waals surface area contributed by atoms with E-state index in [1.165, 1.54) is 12.1 Å². The first-order valence-electron chi connectivity index (χ1n) is 9.17. The zero-order valence-electron chi connectivity index (χ0n) is 16.0. The maximum Gasteiger partial charge on any atom is 0.261 e. The first-order valence-corrected chi connectivity index (χ1v) is 11.0. The molecule has 0 radical (unpaired) electrons. The van der Waals surface area contributed by atoms with Gasteiger partial charge in [-0.25, -0.2) is 12.8 Å². The quantitative estimate of drug-likeness (QED) is 0.741. The van der Waals surface area contributed by atoms with Crippen LogP contribution in [0.4, 0.5) is 4.39 Å². The van der Waals surface area contributed by atoms with Gasteiger partial charge < -0.3 is 9.64 Å². The van der Waals surface area contributed by atoms with E-state index in [1.54, 1.807) is 17.0 Å². The van der Waals surface area contributed by atoms with Crippen LogP contribution < -0.4 is 4.74 Å². The third-order valence-corrected chi connectivity index (χ3v) is 6.54. The number of ether oxygens (including phenoxy) is 1. The number of carbonyl (C=O) groups is 1. The van der Waals surface area contributed by atoms with Gasteiger partial charge in [0.25, 0.3) is 5.91 Å². The van der Waals surface area contributed by atoms with Gasteiger partial charge in [-0.2, -0.15) is 0 Å². The van der Waals surface area contributed by atoms with Crippen LogP contribution in [0.15, 0.2) is 42.5 Å². The SMILES string of the molecule is Cc1cc(C)cc(OCC(=O)N(Cc2ccc(F)cc2)[C@@H]2CCS(=O)(=O)C2)c1. The smallest absolute Gasteiger partial charge is 0.261 e. The number of aryl methyl sites for hydroxylation is 2. The van der Waals surface area contributed by atoms with Crippen LogP contribution in [-0.2, 0) is 21.2 Å². The summed E-state index contributed by atoms with van der Waals surface area (Å²) in [6, 6.07) is 11.2. The number of hydrogen-bond donors (Lipinski definition) is 0. The lowest BCUT2D eigenvalue weighted by atomic mass is 10.1. The highest BCUT2D eigenvalue weighted by atomic mass is 32.2. The van der Waals surface area contributed by atoms with E-state index >= 15 is 0 Å². The molecule has 1 fully saturated rings. The molecule has 0 aliphatic carbocycles. The van der Waals surface area contributed by atoms with Gasteiger partial charge >= 0.3 is 0 Å². The minimum atomic E-state index is -3.15. The Morgan fingerprint density at radius 1 is 1.14 bits per heavy atom. The van der Waals surface area contributed by atoms with Crippen LogP contribution in [0.5, 0.6) is 5.75 Å². The van der Waals surface area contributed by atoms with Crippen molar-refractivity contribution in [3.05, 3.63) is 65.0 Å². The fraction of sp³-hybridized carbons (Fsp3) is 0.381. The summed E-state index contributed by atoms with van der Waals surface area (Å²) in [5.41, 5.74) is 2.81. The first-order chi connectivity index (χ1) is 13.2. The Labute approximate surface area is 165 Å². The largest absolute Gasteiger partial charge is 0.484 e. The molecule has 1 atom stereocenters. The van der Waals surface area contributed by atoms with Crippen LogP contribution in [0.1, 0.15) is 23.1 Å². The maximum absolute atomic E-state index is 13.2. The molecule has 28 heavy (non-hydrogen) atoms. The lowest BCUT2D eigenvalue weighted by Crippen LogP contribution is -2.43. The van der Waals surface area contributed by atoms with E-state index in [-0.39, 0.29) is 36.4 Å². The van der Waals surface area contributed by atoms with Crippen molar-refractivity contribution in [2.75, 3.05) is 18.1 Å². The second-order valence-electron chi connectivity index (χ2n) is 7.32. The van der Waals surface area contributed by atoms with Crippen molar-refractivity contribution in [1.29, 1.82) is 0 Å². The molecule has 1 heterocycles. The Kier molecular flexibility index (Phi) is 6.03. The summed E-state index contributed by atoms with van der Waals surface area (Å²) in [5.74, 6) is -0.0211. The lowest BCUT2D eigenvalue weighted by molar-refractivity contribution is -0.136. The van der Waals surface area contributed by atoms with E-state index in [4.69, 9.17) is 4.74 Å². The van der Waals surface area contributed by atoms with Gasteiger partial charge in [0, 0.05) is 12.6 Å². The summed E-state index contributed by atoms with van der Waals surface area (Å²) in [6.07, 6.45) is 0.402. The van der Waals surface area contributed by atoms with Crippen LogP contribution in [-0.4, -0.2) is 43.4 Å². The Morgan fingerprint density at radius 2 is 1.79 bits per heavy atom. The fourth-order valence-electron chi connectivity index (χ4n) is 3.47. The van der Waals surface area contributed by atoms with Crippen LogP contribution in [0, 0.1) is 19.7 Å². The molecule has 0 unspecified atom stereocenters. The minimum Gasteiger partial charge on any atom is -0.484 e. The zero-order chi connectivity index (χ0) is 20.3. The summed E-state index contributed by atoms with van der Waals surface area (Å²) < 4.78 is 42.7. The van der Waals surface area contributed by atoms with Gasteiger partial charge in [-0.05, 0) is 61.2 Å². The van der Waals surface area contributed by atoms with Crippen LogP contribution in [0.25, 0.3) is 0 Å². The average Bonchev–Trinajstić information content (AvgIpc) is 2.98. The van der Waals surface area contributed by atoms with E-state index in [9.17, 15) is 17.6 Å². The van der Waals surface area contributed by atoms with E-state index in [0.29, 0.717) is 12.2 Å². The highest BCUT2D eigenvalue weighted by Crippen LogP contribution is 2.22. The zero-order valence-corrected chi connectivity index (χ0v) is 16.8. The second-order valence-corrected chi connectivity index (χ2v) is 9.55. The predicted octanol–water partition coefficient (Wildman–Crippen LogP) is 3.04. The van der Waals surface area contributed by atoms with Crippen molar-refractivity contribution in [3.63, 3.8) is 0 Å². The number of amides is 1. The van der Waals surface area contributed by atoms with Gasteiger partial charge in [0.05, 0.1) is 11.5 Å². The molecular weight excluding hydrogens is 381 g/mol. The molecule has 0 spiro atoms. The van der Waals surface area contributed by atoms with Crippen LogP contribution in [0.2, 0.25) is 0 Å². The molecule has 7 heteroatoms. The molecule has 1 aliphatic rings. The minimum absolute atomic E-state index is 0.0521. The molecule has 0 bridgehead atoms. The Hall–Kier alpha value is -2.41. The van der Waals surface area contributed by atoms with Crippen molar-refractivity contribution in [3.8, 4) is 5.75 Å². The molecule has 0 N–H and O–H groups in total. The number of rotatable bonds is 6. The van der Waals surface area contributed by atoms with E-state index in [2.05, 4.69) is 0 Å². The van der Waals surface area contributed by atoms with Gasteiger partial charge in [0.1, 0.15) is 11.6 Å². The third kappa shape index (κ3) is 5.32. The second kappa shape index (κ2) is 8.31. The molecule has 0 aromatic heterocycles. The highest BCUT2D eigenvalue weighted by Gasteiger charge is 2.34. The molecule has 150 valence electrons. The Morgan fingerprint density at radius 3 is 2.36 bits per heavy atom. The van der Waals surface area contributed by atoms with Crippen molar-refractivity contribution < 1.29 is 22.3 Å². The Balaban J connectivity index is 1.75. The maximum atomic E-state index is 13.2. The lowest BCUT2D eigenvalue weighted by Gasteiger charge is -2.28. The number of carbonyl (C=O) groups excluding carboxylic acids is 1. The van der Waals surface area contributed by atoms with Crippen molar-refractivity contribution in [2.24, 2.45) is 0 Å². The molecule has 1 aliphatic heterocycles. The summed E-state index contributed by atoms with van der Waals surface area (Å²) in [6.45, 7) is 3.94. The fourth-order valence-corrected chi connectivity index (χ4v) is 5.20. The standard InChI is InChI=1S/C21H24FNO4S/c1-15-9-16(2)11-20(10-15)27-13-21(24)23(19-7-8-28(25,26)14-19)12-17-3-5-18(22)6-4-17/h3-6,9-11,19H,7-8,12-14H2,1-2H3/t19-/m1/s1. The van der Waals surface area contributed by atoms with Gasteiger partial charge in [0.2, 0.25) is 0 Å². The Bertz CT molecular complexity index is 937. The molecule has 2 aromatic carbocycles. The summed E-state index contributed by atoms with van der Waals surface area (Å²) >= 11 is 0. The number of halogens is 1. The molecule has 3 rings (SSSR count).